The Balaban J connectivity index is 1.71. The Kier molecular flexibility index (Phi) is 5.35. The number of amides is 1. The zero-order valence-electron chi connectivity index (χ0n) is 16.2. The third kappa shape index (κ3) is 3.76. The molecule has 1 saturated heterocycles. The summed E-state index contributed by atoms with van der Waals surface area (Å²) in [7, 11) is 0. The zero-order chi connectivity index (χ0) is 20.5. The van der Waals surface area contributed by atoms with E-state index in [2.05, 4.69) is 40.5 Å². The molecule has 1 fully saturated rings. The first-order valence-corrected chi connectivity index (χ1v) is 10.4. The maximum atomic E-state index is 12.6. The summed E-state index contributed by atoms with van der Waals surface area (Å²) >= 11 is 7.52. The molecular formula is C23H20ClN3OS. The van der Waals surface area contributed by atoms with E-state index in [4.69, 9.17) is 11.6 Å². The highest BCUT2D eigenvalue weighted by Gasteiger charge is 2.25. The molecular weight excluding hydrogens is 402 g/mol. The average molecular weight is 422 g/mol. The van der Waals surface area contributed by atoms with Crippen molar-refractivity contribution in [1.29, 1.82) is 0 Å². The minimum Gasteiger partial charge on any atom is -0.340 e. The number of hydrogen-bond donors (Lipinski definition) is 1. The Morgan fingerprint density at radius 2 is 2.03 bits per heavy atom. The highest BCUT2D eigenvalue weighted by molar-refractivity contribution is 8.18. The van der Waals surface area contributed by atoms with Gasteiger partial charge in [0.15, 0.2) is 5.17 Å². The van der Waals surface area contributed by atoms with Gasteiger partial charge in [-0.15, -0.1) is 6.58 Å². The van der Waals surface area contributed by atoms with Crippen LogP contribution in [0.3, 0.4) is 0 Å². The number of para-hydroxylation sites is 1. The summed E-state index contributed by atoms with van der Waals surface area (Å²) < 4.78 is 2.20. The van der Waals surface area contributed by atoms with E-state index in [1.807, 2.05) is 43.3 Å². The van der Waals surface area contributed by atoms with Crippen LogP contribution in [0.1, 0.15) is 16.8 Å². The summed E-state index contributed by atoms with van der Waals surface area (Å²) in [6, 6.07) is 13.8. The number of aryl methyl sites for hydroxylation is 1. The number of carbonyl (C=O) groups excluding carboxylic acids is 1. The third-order valence-electron chi connectivity index (χ3n) is 4.90. The van der Waals surface area contributed by atoms with Gasteiger partial charge in [-0.25, -0.2) is 4.99 Å². The fraction of sp³-hybridized carbons (Fsp3) is 0.130. The number of amidine groups is 1. The van der Waals surface area contributed by atoms with Crippen molar-refractivity contribution in [2.24, 2.45) is 4.99 Å². The van der Waals surface area contributed by atoms with E-state index in [0.29, 0.717) is 20.8 Å². The molecule has 4 rings (SSSR count). The van der Waals surface area contributed by atoms with E-state index in [9.17, 15) is 4.79 Å². The summed E-state index contributed by atoms with van der Waals surface area (Å²) in [5.41, 5.74) is 4.97. The van der Waals surface area contributed by atoms with Crippen LogP contribution in [0.2, 0.25) is 5.02 Å². The molecule has 2 aromatic carbocycles. The quantitative estimate of drug-likeness (QED) is 0.415. The SMILES string of the molecule is C=CCn1c(C)c(C=C2SC(=Nc3ccc(C)c(Cl)c3)NC2=O)c2ccccc21. The Hall–Kier alpha value is -2.76. The van der Waals surface area contributed by atoms with Crippen LogP contribution >= 0.6 is 23.4 Å². The number of nitrogens with one attached hydrogen (secondary N) is 1. The molecule has 0 aliphatic carbocycles. The second-order valence-corrected chi connectivity index (χ2v) is 8.27. The van der Waals surface area contributed by atoms with E-state index < -0.39 is 0 Å². The number of aromatic nitrogens is 1. The number of carbonyl (C=O) groups is 1. The predicted molar refractivity (Wildman–Crippen MR) is 124 cm³/mol. The molecule has 29 heavy (non-hydrogen) atoms. The molecule has 1 aromatic heterocycles. The summed E-state index contributed by atoms with van der Waals surface area (Å²) in [6.45, 7) is 8.59. The van der Waals surface area contributed by atoms with Crippen LogP contribution in [-0.4, -0.2) is 15.6 Å². The van der Waals surface area contributed by atoms with Gasteiger partial charge in [0.1, 0.15) is 0 Å². The molecule has 1 aliphatic rings. The summed E-state index contributed by atoms with van der Waals surface area (Å²) in [4.78, 5) is 17.7. The number of aliphatic imine (C=N–C) groups is 1. The Morgan fingerprint density at radius 1 is 1.24 bits per heavy atom. The standard InChI is InChI=1S/C23H20ClN3OS/c1-4-11-27-15(3)18(17-7-5-6-8-20(17)27)13-21-22(28)26-23(29-21)25-16-10-9-14(2)19(24)12-16/h4-10,12-13H,1,11H2,2-3H3,(H,25,26,28). The van der Waals surface area contributed by atoms with E-state index in [-0.39, 0.29) is 5.91 Å². The lowest BCUT2D eigenvalue weighted by atomic mass is 10.1. The van der Waals surface area contributed by atoms with Gasteiger partial charge in [0, 0.05) is 33.7 Å². The number of fused-ring (bicyclic) bond motifs is 1. The molecule has 0 unspecified atom stereocenters. The molecule has 0 atom stereocenters. The van der Waals surface area contributed by atoms with Crippen molar-refractivity contribution >= 4 is 57.1 Å². The number of hydrogen-bond acceptors (Lipinski definition) is 3. The average Bonchev–Trinajstić information content (AvgIpc) is 3.17. The maximum Gasteiger partial charge on any atom is 0.264 e. The highest BCUT2D eigenvalue weighted by atomic mass is 35.5. The van der Waals surface area contributed by atoms with E-state index >= 15 is 0 Å². The fourth-order valence-corrected chi connectivity index (χ4v) is 4.38. The molecule has 146 valence electrons. The van der Waals surface area contributed by atoms with Crippen molar-refractivity contribution in [3.63, 3.8) is 0 Å². The van der Waals surface area contributed by atoms with Crippen molar-refractivity contribution in [2.45, 2.75) is 20.4 Å². The molecule has 0 radical (unpaired) electrons. The lowest BCUT2D eigenvalue weighted by Gasteiger charge is -2.04. The van der Waals surface area contributed by atoms with Crippen molar-refractivity contribution in [2.75, 3.05) is 0 Å². The van der Waals surface area contributed by atoms with Gasteiger partial charge in [-0.3, -0.25) is 4.79 Å². The normalized spacial score (nSPS) is 16.7. The van der Waals surface area contributed by atoms with Gasteiger partial charge in [0.05, 0.1) is 10.6 Å². The van der Waals surface area contributed by atoms with Crippen molar-refractivity contribution in [1.82, 2.24) is 9.88 Å². The van der Waals surface area contributed by atoms with Gasteiger partial charge in [-0.05, 0) is 55.4 Å². The molecule has 3 aromatic rings. The van der Waals surface area contributed by atoms with E-state index in [1.54, 1.807) is 6.07 Å². The zero-order valence-corrected chi connectivity index (χ0v) is 17.8. The van der Waals surface area contributed by atoms with Gasteiger partial charge >= 0.3 is 0 Å². The summed E-state index contributed by atoms with van der Waals surface area (Å²) in [6.07, 6.45) is 3.83. The van der Waals surface area contributed by atoms with E-state index in [0.717, 1.165) is 34.3 Å². The first-order valence-electron chi connectivity index (χ1n) is 9.22. The largest absolute Gasteiger partial charge is 0.340 e. The van der Waals surface area contributed by atoms with E-state index in [1.165, 1.54) is 11.8 Å². The number of halogens is 1. The van der Waals surface area contributed by atoms with Crippen molar-refractivity contribution < 1.29 is 4.79 Å². The summed E-state index contributed by atoms with van der Waals surface area (Å²) in [5.74, 6) is -0.146. The van der Waals surface area contributed by atoms with Crippen molar-refractivity contribution in [3.05, 3.63) is 81.9 Å². The van der Waals surface area contributed by atoms with Crippen LogP contribution in [0.5, 0.6) is 0 Å². The minimum absolute atomic E-state index is 0.146. The topological polar surface area (TPSA) is 46.4 Å². The van der Waals surface area contributed by atoms with Gasteiger partial charge in [0.25, 0.3) is 5.91 Å². The smallest absolute Gasteiger partial charge is 0.264 e. The minimum atomic E-state index is -0.146. The van der Waals surface area contributed by atoms with Crippen LogP contribution in [0, 0.1) is 13.8 Å². The predicted octanol–water partition coefficient (Wildman–Crippen LogP) is 5.99. The van der Waals surface area contributed by atoms with Crippen LogP contribution in [0.25, 0.3) is 17.0 Å². The third-order valence-corrected chi connectivity index (χ3v) is 6.22. The van der Waals surface area contributed by atoms with Gasteiger partial charge in [-0.2, -0.15) is 0 Å². The second-order valence-electron chi connectivity index (χ2n) is 6.83. The first-order chi connectivity index (χ1) is 14.0. The van der Waals surface area contributed by atoms with Gasteiger partial charge in [0.2, 0.25) is 0 Å². The lowest BCUT2D eigenvalue weighted by molar-refractivity contribution is -0.115. The Morgan fingerprint density at radius 3 is 2.79 bits per heavy atom. The molecule has 0 spiro atoms. The Bertz CT molecular complexity index is 1210. The van der Waals surface area contributed by atoms with Crippen molar-refractivity contribution in [3.8, 4) is 0 Å². The molecule has 1 N–H and O–H groups in total. The number of thioether (sulfide) groups is 1. The number of rotatable bonds is 4. The van der Waals surface area contributed by atoms with Crippen LogP contribution in [0.15, 0.2) is 65.0 Å². The number of benzene rings is 2. The van der Waals surface area contributed by atoms with Crippen LogP contribution < -0.4 is 5.32 Å². The van der Waals surface area contributed by atoms with Gasteiger partial charge in [-0.1, -0.05) is 41.9 Å². The fourth-order valence-electron chi connectivity index (χ4n) is 3.38. The molecule has 2 heterocycles. The van der Waals surface area contributed by atoms with Crippen LogP contribution in [0.4, 0.5) is 5.69 Å². The number of allylic oxidation sites excluding steroid dienone is 1. The molecule has 4 nitrogen and oxygen atoms in total. The number of nitrogens with zero attached hydrogens (tertiary/aromatic N) is 2. The Labute approximate surface area is 179 Å². The summed E-state index contributed by atoms with van der Waals surface area (Å²) in [5, 5.41) is 5.17. The molecule has 1 aliphatic heterocycles. The molecule has 1 amide bonds. The molecule has 6 heteroatoms. The van der Waals surface area contributed by atoms with Gasteiger partial charge < -0.3 is 9.88 Å². The maximum absolute atomic E-state index is 12.6. The molecule has 0 saturated carbocycles. The second kappa shape index (κ2) is 7.93. The molecule has 0 bridgehead atoms. The lowest BCUT2D eigenvalue weighted by Crippen LogP contribution is -2.19. The van der Waals surface area contributed by atoms with Crippen LogP contribution in [-0.2, 0) is 11.3 Å². The highest BCUT2D eigenvalue weighted by Crippen LogP contribution is 2.33. The monoisotopic (exact) mass is 421 g/mol. The first kappa shape index (κ1) is 19.6.